The maximum atomic E-state index is 12.4. The Labute approximate surface area is 128 Å². The van der Waals surface area contributed by atoms with Crippen molar-refractivity contribution in [3.8, 4) is 0 Å². The molecule has 0 amide bonds. The second-order valence-corrected chi connectivity index (χ2v) is 9.01. The fourth-order valence-corrected chi connectivity index (χ4v) is 4.10. The topological polar surface area (TPSA) is 49.4 Å². The molecule has 0 spiro atoms. The lowest BCUT2D eigenvalue weighted by Gasteiger charge is -2.36. The minimum atomic E-state index is -3.42. The van der Waals surface area contributed by atoms with Gasteiger partial charge in [-0.3, -0.25) is 0 Å². The van der Waals surface area contributed by atoms with E-state index in [4.69, 9.17) is 0 Å². The van der Waals surface area contributed by atoms with Gasteiger partial charge in [-0.25, -0.2) is 12.7 Å². The minimum Gasteiger partial charge on any atom is -0.381 e. The molecule has 0 aliphatic heterocycles. The highest BCUT2D eigenvalue weighted by molar-refractivity contribution is 7.89. The Morgan fingerprint density at radius 1 is 1.24 bits per heavy atom. The molecule has 0 saturated heterocycles. The van der Waals surface area contributed by atoms with Crippen molar-refractivity contribution in [3.63, 3.8) is 0 Å². The van der Waals surface area contributed by atoms with E-state index in [-0.39, 0.29) is 0 Å². The second-order valence-electron chi connectivity index (χ2n) is 6.89. The van der Waals surface area contributed by atoms with Gasteiger partial charge in [-0.15, -0.1) is 0 Å². The standard InChI is InChI=1S/C16H26N2O2S/c1-16(2)11-7-8-13(12-16)17-14-9-5-6-10-15(14)21(19,20)18(3)4/h5-6,9-10,13,17H,7-8,11-12H2,1-4H3. The third kappa shape index (κ3) is 3.77. The number of hydrogen-bond donors (Lipinski definition) is 1. The number of hydrogen-bond acceptors (Lipinski definition) is 3. The molecule has 1 atom stereocenters. The number of nitrogens with one attached hydrogen (secondary N) is 1. The van der Waals surface area contributed by atoms with Crippen molar-refractivity contribution in [1.29, 1.82) is 0 Å². The van der Waals surface area contributed by atoms with Crippen LogP contribution in [0.2, 0.25) is 0 Å². The minimum absolute atomic E-state index is 0.325. The first-order valence-corrected chi connectivity index (χ1v) is 8.94. The molecule has 1 aliphatic rings. The van der Waals surface area contributed by atoms with E-state index >= 15 is 0 Å². The molecule has 1 aromatic carbocycles. The van der Waals surface area contributed by atoms with E-state index in [2.05, 4.69) is 19.2 Å². The predicted octanol–water partition coefficient (Wildman–Crippen LogP) is 3.32. The summed E-state index contributed by atoms with van der Waals surface area (Å²) in [5, 5.41) is 3.46. The predicted molar refractivity (Wildman–Crippen MR) is 87.0 cm³/mol. The zero-order chi connectivity index (χ0) is 15.7. The molecule has 1 saturated carbocycles. The number of sulfonamides is 1. The van der Waals surface area contributed by atoms with E-state index in [1.165, 1.54) is 17.1 Å². The highest BCUT2D eigenvalue weighted by Crippen LogP contribution is 2.37. The fraction of sp³-hybridized carbons (Fsp3) is 0.625. The number of para-hydroxylation sites is 1. The second kappa shape index (κ2) is 5.97. The molecule has 1 aliphatic carbocycles. The largest absolute Gasteiger partial charge is 0.381 e. The molecular weight excluding hydrogens is 284 g/mol. The summed E-state index contributed by atoms with van der Waals surface area (Å²) >= 11 is 0. The molecule has 21 heavy (non-hydrogen) atoms. The lowest BCUT2D eigenvalue weighted by Crippen LogP contribution is -2.32. The summed E-state index contributed by atoms with van der Waals surface area (Å²) in [7, 11) is -0.286. The molecule has 4 nitrogen and oxygen atoms in total. The van der Waals surface area contributed by atoms with E-state index < -0.39 is 10.0 Å². The van der Waals surface area contributed by atoms with E-state index in [1.54, 1.807) is 26.2 Å². The Kier molecular flexibility index (Phi) is 4.63. The van der Waals surface area contributed by atoms with Crippen LogP contribution < -0.4 is 5.32 Å². The summed E-state index contributed by atoms with van der Waals surface area (Å²) in [6, 6.07) is 7.52. The molecule has 118 valence electrons. The fourth-order valence-electron chi connectivity index (χ4n) is 3.05. The van der Waals surface area contributed by atoms with E-state index in [9.17, 15) is 8.42 Å². The van der Waals surface area contributed by atoms with Gasteiger partial charge in [-0.1, -0.05) is 32.4 Å². The summed E-state index contributed by atoms with van der Waals surface area (Å²) < 4.78 is 26.1. The number of anilines is 1. The third-order valence-electron chi connectivity index (χ3n) is 4.21. The number of rotatable bonds is 4. The van der Waals surface area contributed by atoms with Gasteiger partial charge < -0.3 is 5.32 Å². The number of nitrogens with zero attached hydrogens (tertiary/aromatic N) is 1. The summed E-state index contributed by atoms with van der Waals surface area (Å²) in [6.07, 6.45) is 4.60. The molecular formula is C16H26N2O2S. The average molecular weight is 310 g/mol. The van der Waals surface area contributed by atoms with Crippen LogP contribution >= 0.6 is 0 Å². The van der Waals surface area contributed by atoms with Crippen molar-refractivity contribution in [2.24, 2.45) is 5.41 Å². The summed E-state index contributed by atoms with van der Waals surface area (Å²) in [6.45, 7) is 4.56. The Bertz CT molecular complexity index is 594. The van der Waals surface area contributed by atoms with Gasteiger partial charge in [-0.05, 0) is 36.8 Å². The van der Waals surface area contributed by atoms with Gasteiger partial charge in [0.05, 0.1) is 5.69 Å². The molecule has 1 N–H and O–H groups in total. The smallest absolute Gasteiger partial charge is 0.244 e. The molecule has 0 radical (unpaired) electrons. The van der Waals surface area contributed by atoms with Crippen LogP contribution in [0.5, 0.6) is 0 Å². The van der Waals surface area contributed by atoms with E-state index in [0.717, 1.165) is 12.8 Å². The zero-order valence-electron chi connectivity index (χ0n) is 13.4. The van der Waals surface area contributed by atoms with Crippen LogP contribution in [0, 0.1) is 5.41 Å². The van der Waals surface area contributed by atoms with Crippen LogP contribution in [0.15, 0.2) is 29.2 Å². The third-order valence-corrected chi connectivity index (χ3v) is 6.08. The molecule has 0 heterocycles. The zero-order valence-corrected chi connectivity index (χ0v) is 14.2. The highest BCUT2D eigenvalue weighted by atomic mass is 32.2. The van der Waals surface area contributed by atoms with Crippen molar-refractivity contribution in [2.75, 3.05) is 19.4 Å². The van der Waals surface area contributed by atoms with E-state index in [0.29, 0.717) is 22.0 Å². The maximum Gasteiger partial charge on any atom is 0.244 e. The van der Waals surface area contributed by atoms with Crippen LogP contribution in [-0.2, 0) is 10.0 Å². The lowest BCUT2D eigenvalue weighted by atomic mass is 9.75. The van der Waals surface area contributed by atoms with Crippen LogP contribution in [0.4, 0.5) is 5.69 Å². The Morgan fingerprint density at radius 2 is 1.90 bits per heavy atom. The van der Waals surface area contributed by atoms with Crippen LogP contribution in [0.25, 0.3) is 0 Å². The van der Waals surface area contributed by atoms with Crippen molar-refractivity contribution in [2.45, 2.75) is 50.5 Å². The van der Waals surface area contributed by atoms with Gasteiger partial charge in [0.1, 0.15) is 4.90 Å². The first kappa shape index (κ1) is 16.3. The van der Waals surface area contributed by atoms with Crippen LogP contribution in [0.3, 0.4) is 0 Å². The molecule has 1 aromatic rings. The molecule has 2 rings (SSSR count). The van der Waals surface area contributed by atoms with Crippen molar-refractivity contribution in [3.05, 3.63) is 24.3 Å². The van der Waals surface area contributed by atoms with Gasteiger partial charge in [0.15, 0.2) is 0 Å². The summed E-state index contributed by atoms with van der Waals surface area (Å²) in [5.41, 5.74) is 1.04. The Balaban J connectivity index is 2.26. The monoisotopic (exact) mass is 310 g/mol. The highest BCUT2D eigenvalue weighted by Gasteiger charge is 2.29. The van der Waals surface area contributed by atoms with Gasteiger partial charge in [0.2, 0.25) is 10.0 Å². The van der Waals surface area contributed by atoms with Crippen molar-refractivity contribution >= 4 is 15.7 Å². The molecule has 1 unspecified atom stereocenters. The van der Waals surface area contributed by atoms with E-state index in [1.807, 2.05) is 12.1 Å². The van der Waals surface area contributed by atoms with Gasteiger partial charge in [0, 0.05) is 20.1 Å². The van der Waals surface area contributed by atoms with Crippen molar-refractivity contribution < 1.29 is 8.42 Å². The quantitative estimate of drug-likeness (QED) is 0.928. The maximum absolute atomic E-state index is 12.4. The lowest BCUT2D eigenvalue weighted by molar-refractivity contribution is 0.229. The van der Waals surface area contributed by atoms with Crippen LogP contribution in [-0.4, -0.2) is 32.9 Å². The summed E-state index contributed by atoms with van der Waals surface area (Å²) in [5.74, 6) is 0. The molecule has 0 bridgehead atoms. The van der Waals surface area contributed by atoms with Gasteiger partial charge in [0.25, 0.3) is 0 Å². The van der Waals surface area contributed by atoms with Crippen molar-refractivity contribution in [1.82, 2.24) is 4.31 Å². The summed E-state index contributed by atoms with van der Waals surface area (Å²) in [4.78, 5) is 0.360. The Hall–Kier alpha value is -1.07. The molecule has 5 heteroatoms. The first-order chi connectivity index (χ1) is 9.72. The molecule has 1 fully saturated rings. The van der Waals surface area contributed by atoms with Crippen LogP contribution in [0.1, 0.15) is 39.5 Å². The Morgan fingerprint density at radius 3 is 2.52 bits per heavy atom. The van der Waals surface area contributed by atoms with Gasteiger partial charge in [-0.2, -0.15) is 0 Å². The van der Waals surface area contributed by atoms with Gasteiger partial charge >= 0.3 is 0 Å². The number of benzene rings is 1. The first-order valence-electron chi connectivity index (χ1n) is 7.50. The SMILES string of the molecule is CN(C)S(=O)(=O)c1ccccc1NC1CCCC(C)(C)C1. The molecule has 0 aromatic heterocycles. The normalized spacial score (nSPS) is 22.2. The average Bonchev–Trinajstić information content (AvgIpc) is 2.37.